The van der Waals surface area contributed by atoms with Crippen molar-refractivity contribution in [2.24, 2.45) is 0 Å². The van der Waals surface area contributed by atoms with E-state index in [4.69, 9.17) is 4.74 Å². The minimum absolute atomic E-state index is 0.0135. The molecule has 0 saturated carbocycles. The van der Waals surface area contributed by atoms with E-state index in [0.717, 1.165) is 4.90 Å². The van der Waals surface area contributed by atoms with E-state index in [1.54, 1.807) is 36.4 Å². The quantitative estimate of drug-likeness (QED) is 0.609. The van der Waals surface area contributed by atoms with Crippen LogP contribution in [0.25, 0.3) is 0 Å². The van der Waals surface area contributed by atoms with E-state index in [1.165, 1.54) is 7.05 Å². The van der Waals surface area contributed by atoms with Gasteiger partial charge in [-0.15, -0.1) is 0 Å². The van der Waals surface area contributed by atoms with Crippen LogP contribution in [0.15, 0.2) is 54.6 Å². The van der Waals surface area contributed by atoms with Crippen molar-refractivity contribution in [3.63, 3.8) is 0 Å². The molecule has 2 aromatic carbocycles. The van der Waals surface area contributed by atoms with Gasteiger partial charge in [-0.25, -0.2) is 4.79 Å². The number of aldehydes is 1. The van der Waals surface area contributed by atoms with Crippen molar-refractivity contribution in [2.75, 3.05) is 11.9 Å². The third-order valence-corrected chi connectivity index (χ3v) is 4.48. The standard InChI is InChI=1S/C20H19N3O5/c1-21-19(27)22-18(26)20(13-24)12-11-17(25)23(20)14-7-9-16(10-8-14)28-15-5-3-2-4-6-15/h2-10,13H,11-12H2,1H3,(H2,21,22,26,27). The zero-order valence-corrected chi connectivity index (χ0v) is 15.2. The Hall–Kier alpha value is -3.68. The Morgan fingerprint density at radius 3 is 2.32 bits per heavy atom. The SMILES string of the molecule is CNC(=O)NC(=O)C1(C=O)CCC(=O)N1c1ccc(Oc2ccccc2)cc1. The molecule has 0 aromatic heterocycles. The molecular formula is C20H19N3O5. The number of rotatable bonds is 5. The number of amides is 4. The molecule has 1 aliphatic heterocycles. The van der Waals surface area contributed by atoms with Gasteiger partial charge in [0.1, 0.15) is 11.5 Å². The Labute approximate surface area is 161 Å². The van der Waals surface area contributed by atoms with Gasteiger partial charge in [-0.2, -0.15) is 0 Å². The maximum absolute atomic E-state index is 12.6. The smallest absolute Gasteiger partial charge is 0.321 e. The lowest BCUT2D eigenvalue weighted by atomic mass is 9.96. The second-order valence-electron chi connectivity index (χ2n) is 6.21. The van der Waals surface area contributed by atoms with Crippen molar-refractivity contribution in [1.82, 2.24) is 10.6 Å². The topological polar surface area (TPSA) is 105 Å². The molecule has 1 aliphatic rings. The fourth-order valence-corrected chi connectivity index (χ4v) is 3.06. The first-order chi connectivity index (χ1) is 13.5. The van der Waals surface area contributed by atoms with Crippen molar-refractivity contribution >= 4 is 29.8 Å². The molecule has 1 saturated heterocycles. The van der Waals surface area contributed by atoms with Crippen LogP contribution in [0.2, 0.25) is 0 Å². The number of carbonyl (C=O) groups is 4. The summed E-state index contributed by atoms with van der Waals surface area (Å²) in [5.41, 5.74) is -1.41. The summed E-state index contributed by atoms with van der Waals surface area (Å²) in [6.45, 7) is 0. The highest BCUT2D eigenvalue weighted by Gasteiger charge is 2.52. The number of hydrogen-bond acceptors (Lipinski definition) is 5. The molecule has 28 heavy (non-hydrogen) atoms. The maximum Gasteiger partial charge on any atom is 0.321 e. The summed E-state index contributed by atoms with van der Waals surface area (Å²) in [6.07, 6.45) is 0.410. The van der Waals surface area contributed by atoms with Gasteiger partial charge >= 0.3 is 6.03 Å². The minimum Gasteiger partial charge on any atom is -0.457 e. The van der Waals surface area contributed by atoms with E-state index in [0.29, 0.717) is 23.5 Å². The number of imide groups is 1. The molecule has 0 aliphatic carbocycles. The van der Waals surface area contributed by atoms with Gasteiger partial charge < -0.3 is 14.8 Å². The molecular weight excluding hydrogens is 362 g/mol. The molecule has 1 atom stereocenters. The van der Waals surface area contributed by atoms with Crippen LogP contribution in [0.3, 0.4) is 0 Å². The van der Waals surface area contributed by atoms with E-state index in [1.807, 2.05) is 18.2 Å². The third kappa shape index (κ3) is 3.57. The number of ether oxygens (including phenoxy) is 1. The van der Waals surface area contributed by atoms with Gasteiger partial charge in [-0.1, -0.05) is 18.2 Å². The van der Waals surface area contributed by atoms with Crippen molar-refractivity contribution in [2.45, 2.75) is 18.4 Å². The lowest BCUT2D eigenvalue weighted by molar-refractivity contribution is -0.131. The summed E-state index contributed by atoms with van der Waals surface area (Å²) >= 11 is 0. The number of para-hydroxylation sites is 1. The number of urea groups is 1. The summed E-state index contributed by atoms with van der Waals surface area (Å²) in [7, 11) is 1.35. The average Bonchev–Trinajstić information content (AvgIpc) is 3.07. The highest BCUT2D eigenvalue weighted by atomic mass is 16.5. The van der Waals surface area contributed by atoms with Gasteiger partial charge in [-0.3, -0.25) is 19.8 Å². The van der Waals surface area contributed by atoms with Gasteiger partial charge in [0.25, 0.3) is 5.91 Å². The number of anilines is 1. The summed E-state index contributed by atoms with van der Waals surface area (Å²) in [6, 6.07) is 14.9. The zero-order valence-electron chi connectivity index (χ0n) is 15.2. The van der Waals surface area contributed by atoms with Gasteiger partial charge in [0.05, 0.1) is 0 Å². The monoisotopic (exact) mass is 381 g/mol. The van der Waals surface area contributed by atoms with Crippen molar-refractivity contribution in [3.05, 3.63) is 54.6 Å². The van der Waals surface area contributed by atoms with E-state index in [-0.39, 0.29) is 18.7 Å². The van der Waals surface area contributed by atoms with E-state index in [9.17, 15) is 19.2 Å². The Kier molecular flexibility index (Phi) is 5.39. The summed E-state index contributed by atoms with van der Waals surface area (Å²) < 4.78 is 5.71. The third-order valence-electron chi connectivity index (χ3n) is 4.48. The average molecular weight is 381 g/mol. The molecule has 3 rings (SSSR count). The fourth-order valence-electron chi connectivity index (χ4n) is 3.06. The predicted molar refractivity (Wildman–Crippen MR) is 101 cm³/mol. The second-order valence-corrected chi connectivity index (χ2v) is 6.21. The van der Waals surface area contributed by atoms with Crippen LogP contribution in [-0.2, 0) is 14.4 Å². The van der Waals surface area contributed by atoms with Crippen molar-refractivity contribution in [3.8, 4) is 11.5 Å². The Morgan fingerprint density at radius 2 is 1.71 bits per heavy atom. The first-order valence-electron chi connectivity index (χ1n) is 8.65. The number of carbonyl (C=O) groups excluding carboxylic acids is 4. The molecule has 2 aromatic rings. The molecule has 1 unspecified atom stereocenters. The van der Waals surface area contributed by atoms with Crippen LogP contribution in [-0.4, -0.2) is 36.7 Å². The number of nitrogens with one attached hydrogen (secondary N) is 2. The normalized spacial score (nSPS) is 18.5. The van der Waals surface area contributed by atoms with Crippen LogP contribution in [0.5, 0.6) is 11.5 Å². The molecule has 144 valence electrons. The van der Waals surface area contributed by atoms with Crippen LogP contribution < -0.4 is 20.3 Å². The summed E-state index contributed by atoms with van der Waals surface area (Å²) in [4.78, 5) is 49.5. The van der Waals surface area contributed by atoms with Gasteiger partial charge in [-0.05, 0) is 42.8 Å². The molecule has 0 bridgehead atoms. The highest BCUT2D eigenvalue weighted by Crippen LogP contribution is 2.35. The van der Waals surface area contributed by atoms with E-state index < -0.39 is 17.5 Å². The molecule has 0 spiro atoms. The lowest BCUT2D eigenvalue weighted by Crippen LogP contribution is -2.60. The molecule has 0 radical (unpaired) electrons. The van der Waals surface area contributed by atoms with Crippen LogP contribution in [0, 0.1) is 0 Å². The summed E-state index contributed by atoms with van der Waals surface area (Å²) in [5.74, 6) is -0.0407. The fraction of sp³-hybridized carbons (Fsp3) is 0.200. The molecule has 2 N–H and O–H groups in total. The van der Waals surface area contributed by atoms with Crippen molar-refractivity contribution in [1.29, 1.82) is 0 Å². The maximum atomic E-state index is 12.6. The molecule has 4 amide bonds. The lowest BCUT2D eigenvalue weighted by Gasteiger charge is -2.32. The number of nitrogens with zero attached hydrogens (tertiary/aromatic N) is 1. The Morgan fingerprint density at radius 1 is 1.07 bits per heavy atom. The highest BCUT2D eigenvalue weighted by molar-refractivity contribution is 6.18. The Balaban J connectivity index is 1.87. The first-order valence-corrected chi connectivity index (χ1v) is 8.65. The number of benzene rings is 2. The molecule has 1 fully saturated rings. The Bertz CT molecular complexity index is 898. The zero-order chi connectivity index (χ0) is 20.1. The molecule has 1 heterocycles. The molecule has 8 nitrogen and oxygen atoms in total. The van der Waals surface area contributed by atoms with Crippen LogP contribution in [0.1, 0.15) is 12.8 Å². The summed E-state index contributed by atoms with van der Waals surface area (Å²) in [5, 5.41) is 4.34. The van der Waals surface area contributed by atoms with Crippen molar-refractivity contribution < 1.29 is 23.9 Å². The number of hydrogen-bond donors (Lipinski definition) is 2. The van der Waals surface area contributed by atoms with Crippen LogP contribution in [0.4, 0.5) is 10.5 Å². The first kappa shape index (κ1) is 19.1. The van der Waals surface area contributed by atoms with Gasteiger partial charge in [0.2, 0.25) is 5.91 Å². The van der Waals surface area contributed by atoms with Gasteiger partial charge in [0.15, 0.2) is 11.8 Å². The largest absolute Gasteiger partial charge is 0.457 e. The van der Waals surface area contributed by atoms with Crippen LogP contribution >= 0.6 is 0 Å². The van der Waals surface area contributed by atoms with E-state index in [2.05, 4.69) is 10.6 Å². The minimum atomic E-state index is -1.77. The molecule has 8 heteroatoms. The predicted octanol–water partition coefficient (Wildman–Crippen LogP) is 2.00. The van der Waals surface area contributed by atoms with Gasteiger partial charge in [0, 0.05) is 19.2 Å². The van der Waals surface area contributed by atoms with E-state index >= 15 is 0 Å². The second kappa shape index (κ2) is 7.91.